The predicted molar refractivity (Wildman–Crippen MR) is 402 cm³/mol. The average Bonchev–Trinajstić information content (AvgIpc) is 1.34. The molecule has 6 aromatic heterocycles. The number of nitrogens with two attached hydrogens (primary N) is 6. The Morgan fingerprint density at radius 2 is 0.839 bits per heavy atom. The topological polar surface area (TPSA) is 810 Å². The van der Waals surface area contributed by atoms with Gasteiger partial charge in [-0.15, -0.1) is 0 Å². The molecular weight excluding hydrogens is 1700 g/mol. The number of aryl methyl sites for hydroxylation is 2. The van der Waals surface area contributed by atoms with Gasteiger partial charge >= 0.3 is 43.5 Å². The molecule has 52 nitrogen and oxygen atoms in total. The molecule has 26 N–H and O–H groups in total. The molecule has 0 bridgehead atoms. The van der Waals surface area contributed by atoms with Crippen LogP contribution in [0.3, 0.4) is 0 Å². The molecule has 0 aliphatic carbocycles. The lowest BCUT2D eigenvalue weighted by Crippen LogP contribution is -2.42. The molecule has 0 spiro atoms. The molecule has 4 amide bonds. The largest absolute Gasteiger partial charge is 0.756 e. The number of alkyl carbamates (subject to hydrolysis) is 2. The number of aliphatic hydroxyl groups excluding tert-OH is 2. The summed E-state index contributed by atoms with van der Waals surface area (Å²) in [6, 6.07) is 26.2. The van der Waals surface area contributed by atoms with Crippen LogP contribution >= 0.6 is 46.9 Å². The number of benzene rings is 4. The Bertz CT molecular complexity index is 5830. The maximum Gasteiger partial charge on any atom is 0.487 e. The van der Waals surface area contributed by atoms with E-state index in [0.717, 1.165) is 65.4 Å². The first-order valence-corrected chi connectivity index (χ1v) is 43.2. The third-order valence-corrected chi connectivity index (χ3v) is 24.7. The molecule has 2 saturated heterocycles. The number of phosphoric acid groups is 6. The number of nitrogens with zero attached hydrogens (tertiary/aromatic N) is 8. The second-order valence-electron chi connectivity index (χ2n) is 25.8. The Morgan fingerprint density at radius 1 is 0.483 bits per heavy atom. The summed E-state index contributed by atoms with van der Waals surface area (Å²) in [6.07, 6.45) is -13.0. The van der Waals surface area contributed by atoms with E-state index in [1.54, 1.807) is 24.3 Å². The quantitative estimate of drug-likeness (QED) is 0.00730. The van der Waals surface area contributed by atoms with E-state index in [0.29, 0.717) is 48.7 Å². The number of ether oxygens (including phenoxy) is 4. The Labute approximate surface area is 659 Å². The number of nitrogen functional groups attached to an aromatic ring is 6. The number of aromatic amines is 2. The van der Waals surface area contributed by atoms with Crippen molar-refractivity contribution in [2.45, 2.75) is 87.9 Å². The molecule has 0 saturated carbocycles. The van der Waals surface area contributed by atoms with E-state index < -0.39 is 133 Å². The number of phosphoric ester groups is 2. The molecule has 6 unspecified atom stereocenters. The summed E-state index contributed by atoms with van der Waals surface area (Å²) in [7, 11) is -35.2. The number of imidazole rings is 2. The fraction of sp³-hybridized carbons (Fsp3) is 0.333. The number of nitrogens with one attached hydrogen (secondary N) is 6. The van der Waals surface area contributed by atoms with Crippen LogP contribution in [0.2, 0.25) is 0 Å². The van der Waals surface area contributed by atoms with E-state index in [9.17, 15) is 95.7 Å². The van der Waals surface area contributed by atoms with Crippen LogP contribution < -0.4 is 85.7 Å². The van der Waals surface area contributed by atoms with Crippen LogP contribution in [0.1, 0.15) is 38.1 Å². The van der Waals surface area contributed by atoms with Crippen molar-refractivity contribution in [1.82, 2.24) is 60.3 Å². The zero-order valence-electron chi connectivity index (χ0n) is 60.4. The van der Waals surface area contributed by atoms with E-state index in [2.05, 4.69) is 77.5 Å². The van der Waals surface area contributed by atoms with Gasteiger partial charge in [0.15, 0.2) is 47.0 Å². The first-order chi connectivity index (χ1) is 55.4. The minimum absolute atomic E-state index is 0.0463. The van der Waals surface area contributed by atoms with Gasteiger partial charge in [0.2, 0.25) is 45.8 Å². The van der Waals surface area contributed by atoms with Gasteiger partial charge in [-0.1, -0.05) is 0 Å². The van der Waals surface area contributed by atoms with Crippen LogP contribution in [0.15, 0.2) is 107 Å². The summed E-state index contributed by atoms with van der Waals surface area (Å²) < 4.78 is 122. The van der Waals surface area contributed by atoms with Gasteiger partial charge in [0.1, 0.15) is 37.5 Å². The van der Waals surface area contributed by atoms with Gasteiger partial charge in [-0.3, -0.25) is 56.5 Å². The number of pyridine rings is 2. The van der Waals surface area contributed by atoms with Crippen molar-refractivity contribution < 1.29 is 150 Å². The van der Waals surface area contributed by atoms with Gasteiger partial charge in [0, 0.05) is 120 Å². The molecule has 4 aromatic carbocycles. The highest BCUT2D eigenvalue weighted by atomic mass is 31.3. The standard InChI is InChI=1S/2C30H37N10O16P3/c31-17-5-3-15-10-16-4-6-18(32)12-20(16)39(19(15)11-17)9-1-2-22(41)34-7-8-35-30(44)54-25-21(13-52-58(48,49)56-59(50,51)55-57(45,46)47)53-28(24(25)42)40-14-36-23-26(40)37-29(33)38-27(23)43;31-17-5-3-15-10-16-4-6-18(32)12-20(16)39(19(15)11-17)9-1-2-22(41)34-7-8-35-30(44)54-25-24(42)21(13-52-58(48,49)56-59(50,51)55-57(45,46)47)53-28(25)40-14-36-23-26(40)37-29(33)38-27(23)43/h2*3-6,10-12,14,21,24-25,28,42H,1-2,7-9,13H2,(H12,31,32,33,34,35,37,38,41,43,44,45,46,47,48,49,50,51)/t2*21-,24-,25-,28-/m11/s1. The summed E-state index contributed by atoms with van der Waals surface area (Å²) in [6.45, 7) is -1.85. The van der Waals surface area contributed by atoms with Crippen molar-refractivity contribution in [3.8, 4) is 0 Å². The minimum atomic E-state index is -5.95. The number of hydrogen-bond donors (Lipinski definition) is 20. The molecule has 2 aliphatic rings. The van der Waals surface area contributed by atoms with E-state index in [1.807, 2.05) is 69.8 Å². The first kappa shape index (κ1) is 88.7. The summed E-state index contributed by atoms with van der Waals surface area (Å²) in [4.78, 5) is 174. The van der Waals surface area contributed by atoms with Crippen LogP contribution in [-0.2, 0) is 95.3 Å². The monoisotopic (exact) mass is 1770 g/mol. The summed E-state index contributed by atoms with van der Waals surface area (Å²) in [5.41, 5.74) is 38.9. The van der Waals surface area contributed by atoms with Gasteiger partial charge in [-0.2, -0.15) is 27.7 Å². The summed E-state index contributed by atoms with van der Waals surface area (Å²) in [5, 5.41) is 36.2. The lowest BCUT2D eigenvalue weighted by Gasteiger charge is -2.23. The second kappa shape index (κ2) is 36.2. The van der Waals surface area contributed by atoms with Crippen molar-refractivity contribution in [1.29, 1.82) is 0 Å². The molecule has 0 radical (unpaired) electrons. The van der Waals surface area contributed by atoms with Crippen LogP contribution in [0.4, 0.5) is 44.2 Å². The molecule has 636 valence electrons. The van der Waals surface area contributed by atoms with Crippen LogP contribution in [0.5, 0.6) is 0 Å². The Morgan fingerprint density at radius 3 is 1.23 bits per heavy atom. The van der Waals surface area contributed by atoms with Crippen molar-refractivity contribution in [2.75, 3.05) is 73.8 Å². The van der Waals surface area contributed by atoms with E-state index in [4.69, 9.17) is 63.1 Å². The highest BCUT2D eigenvalue weighted by Gasteiger charge is 2.52. The normalized spacial score (nSPS) is 21.2. The van der Waals surface area contributed by atoms with Gasteiger partial charge < -0.3 is 124 Å². The zero-order chi connectivity index (χ0) is 85.7. The molecule has 14 atom stereocenters. The molecule has 8 heterocycles. The summed E-state index contributed by atoms with van der Waals surface area (Å²) in [5.74, 6) is -1.36. The van der Waals surface area contributed by atoms with Gasteiger partial charge in [-0.25, -0.2) is 46.4 Å². The third kappa shape index (κ3) is 22.8. The summed E-state index contributed by atoms with van der Waals surface area (Å²) >= 11 is 0. The number of amides is 4. The number of carbonyl (C=O) groups excluding carboxylic acids is 4. The molecule has 58 heteroatoms. The molecule has 118 heavy (non-hydrogen) atoms. The van der Waals surface area contributed by atoms with Crippen molar-refractivity contribution in [2.24, 2.45) is 0 Å². The maximum atomic E-state index is 12.9. The number of H-pyrrole nitrogens is 2. The minimum Gasteiger partial charge on any atom is -0.756 e. The lowest BCUT2D eigenvalue weighted by molar-refractivity contribution is -0.645. The SMILES string of the molecule is Nc1ccc2cc3ccc(N)cc3[n+](CCCC(=O)NCCNC(=O)O[C@@H]3[C@H](O)[C@@H](COP(=O)(O)OP(=O)(O)OP(=O)([O-])O)O[C@H]3n3cnc4c(=O)[nH]c(N)nc43)c2c1.Nc1ccc2cc3ccc(N)cc3[n+](CCCC(=O)NCCNC(=O)O[C@H]3[C@@H](O)[C@H](n4cnc5c(=O)[nH]c(N)nc54)O[C@@H]3COP(=O)(O)OP(=O)(O)OP(=O)([O-])O)c2c1. The number of aromatic nitrogens is 10. The highest BCUT2D eigenvalue weighted by molar-refractivity contribution is 7.67. The lowest BCUT2D eigenvalue weighted by atomic mass is 10.1. The molecular formula is C60H74N20O32P6. The number of carbonyl (C=O) groups is 4. The fourth-order valence-corrected chi connectivity index (χ4v) is 18.4. The Balaban J connectivity index is 0.000000231. The fourth-order valence-electron chi connectivity index (χ4n) is 12.4. The Kier molecular flexibility index (Phi) is 27.2. The number of fused-ring (bicyclic) bond motifs is 6. The van der Waals surface area contributed by atoms with E-state index in [-0.39, 0.29) is 85.1 Å². The molecule has 12 rings (SSSR count). The van der Waals surface area contributed by atoms with E-state index in [1.165, 1.54) is 0 Å². The molecule has 10 aromatic rings. The van der Waals surface area contributed by atoms with Crippen molar-refractivity contribution in [3.05, 3.63) is 118 Å². The predicted octanol–water partition coefficient (Wildman–Crippen LogP) is -1.76. The third-order valence-electron chi connectivity index (χ3n) is 17.2. The second-order valence-corrected chi connectivity index (χ2v) is 34.5. The molecule has 2 aliphatic heterocycles. The smallest absolute Gasteiger partial charge is 0.487 e. The van der Waals surface area contributed by atoms with Crippen molar-refractivity contribution in [3.63, 3.8) is 0 Å². The zero-order valence-corrected chi connectivity index (χ0v) is 65.8. The highest BCUT2D eigenvalue weighted by Crippen LogP contribution is 2.67. The van der Waals surface area contributed by atoms with Crippen LogP contribution in [0.25, 0.3) is 65.9 Å². The van der Waals surface area contributed by atoms with Gasteiger partial charge in [-0.05, 0) is 60.7 Å². The van der Waals surface area contributed by atoms with Gasteiger partial charge in [0.05, 0.1) is 25.9 Å². The number of rotatable bonds is 32. The first-order valence-electron chi connectivity index (χ1n) is 34.3. The number of aliphatic hydroxyl groups is 2. The van der Waals surface area contributed by atoms with E-state index >= 15 is 0 Å². The van der Waals surface area contributed by atoms with Crippen LogP contribution in [-0.4, -0.2) is 179 Å². The average molecular weight is 1770 g/mol. The number of hydrogen-bond acceptors (Lipinski definition) is 36. The molecule has 2 fully saturated rings. The van der Waals surface area contributed by atoms with Gasteiger partial charge in [0.25, 0.3) is 26.8 Å². The van der Waals surface area contributed by atoms with Crippen LogP contribution in [0, 0.1) is 0 Å². The number of anilines is 6. The Hall–Kier alpha value is -10.1. The van der Waals surface area contributed by atoms with Crippen molar-refractivity contribution >= 4 is 172 Å². The maximum absolute atomic E-state index is 12.9.